The third-order valence-electron chi connectivity index (χ3n) is 5.76. The molecule has 30 heavy (non-hydrogen) atoms. The molecule has 2 aromatic heterocycles. The van der Waals surface area contributed by atoms with E-state index in [0.29, 0.717) is 18.0 Å². The van der Waals surface area contributed by atoms with Gasteiger partial charge in [-0.25, -0.2) is 4.68 Å². The Morgan fingerprint density at radius 2 is 1.90 bits per heavy atom. The first kappa shape index (κ1) is 20.9. The maximum atomic E-state index is 10.1. The normalized spacial score (nSPS) is 17.4. The number of benzene rings is 1. The first-order valence-corrected chi connectivity index (χ1v) is 11.1. The van der Waals surface area contributed by atoms with Gasteiger partial charge in [0.05, 0.1) is 18.5 Å². The van der Waals surface area contributed by atoms with E-state index >= 15 is 0 Å². The zero-order valence-corrected chi connectivity index (χ0v) is 18.5. The Kier molecular flexibility index (Phi) is 6.41. The van der Waals surface area contributed by atoms with Crippen molar-refractivity contribution in [2.45, 2.75) is 52.3 Å². The van der Waals surface area contributed by atoms with Crippen LogP contribution in [0.25, 0.3) is 17.1 Å². The molecule has 1 aliphatic heterocycles. The fraction of sp³-hybridized carbons (Fsp3) is 0.435. The molecule has 158 valence electrons. The smallest absolute Gasteiger partial charge is 0.204 e. The number of hydrogen-bond acceptors (Lipinski definition) is 5. The zero-order chi connectivity index (χ0) is 21.1. The number of aryl methyl sites for hydroxylation is 2. The van der Waals surface area contributed by atoms with Crippen LogP contribution in [0.4, 0.5) is 0 Å². The number of aliphatic hydroxyl groups excluding tert-OH is 1. The van der Waals surface area contributed by atoms with Crippen molar-refractivity contribution in [2.24, 2.45) is 0 Å². The standard InChI is InChI=1S/C23H29N5OS/c1-3-17-8-5-9-18(4-2)21(17)28-22(19-10-6-12-24-14-19)25-27(23(28)30)16-26-13-7-11-20(29)15-26/h5-6,8-10,12,14,20,29H,3-4,7,11,13,15-16H2,1-2H3/t20-/m0/s1. The van der Waals surface area contributed by atoms with Crippen molar-refractivity contribution in [3.8, 4) is 17.1 Å². The molecule has 0 radical (unpaired) electrons. The lowest BCUT2D eigenvalue weighted by Gasteiger charge is -2.29. The Morgan fingerprint density at radius 3 is 2.53 bits per heavy atom. The van der Waals surface area contributed by atoms with E-state index in [0.717, 1.165) is 49.3 Å². The van der Waals surface area contributed by atoms with Crippen LogP contribution in [0.3, 0.4) is 0 Å². The van der Waals surface area contributed by atoms with Crippen molar-refractivity contribution in [1.29, 1.82) is 0 Å². The van der Waals surface area contributed by atoms with Crippen molar-refractivity contribution in [2.75, 3.05) is 13.1 Å². The van der Waals surface area contributed by atoms with Crippen LogP contribution in [0.2, 0.25) is 0 Å². The summed E-state index contributed by atoms with van der Waals surface area (Å²) in [4.78, 5) is 6.53. The molecule has 6 nitrogen and oxygen atoms in total. The van der Waals surface area contributed by atoms with Crippen molar-refractivity contribution in [1.82, 2.24) is 24.2 Å². The first-order chi connectivity index (χ1) is 14.6. The minimum atomic E-state index is -0.277. The van der Waals surface area contributed by atoms with E-state index < -0.39 is 0 Å². The highest BCUT2D eigenvalue weighted by atomic mass is 32.1. The van der Waals surface area contributed by atoms with Crippen molar-refractivity contribution in [3.63, 3.8) is 0 Å². The van der Waals surface area contributed by atoms with Crippen LogP contribution >= 0.6 is 12.2 Å². The van der Waals surface area contributed by atoms with Gasteiger partial charge in [-0.05, 0) is 61.2 Å². The summed E-state index contributed by atoms with van der Waals surface area (Å²) in [5.74, 6) is 0.807. The Balaban J connectivity index is 1.88. The van der Waals surface area contributed by atoms with Gasteiger partial charge in [-0.2, -0.15) is 0 Å². The van der Waals surface area contributed by atoms with Crippen molar-refractivity contribution >= 4 is 12.2 Å². The summed E-state index contributed by atoms with van der Waals surface area (Å²) < 4.78 is 4.68. The largest absolute Gasteiger partial charge is 0.392 e. The monoisotopic (exact) mass is 423 g/mol. The molecule has 0 aliphatic carbocycles. The fourth-order valence-corrected chi connectivity index (χ4v) is 4.51. The maximum absolute atomic E-state index is 10.1. The van der Waals surface area contributed by atoms with E-state index in [4.69, 9.17) is 17.3 Å². The van der Waals surface area contributed by atoms with Gasteiger partial charge < -0.3 is 5.11 Å². The molecule has 1 aliphatic rings. The third-order valence-corrected chi connectivity index (χ3v) is 6.16. The van der Waals surface area contributed by atoms with Gasteiger partial charge in [-0.15, -0.1) is 5.10 Å². The van der Waals surface area contributed by atoms with Crippen LogP contribution in [0.5, 0.6) is 0 Å². The molecular formula is C23H29N5OS. The van der Waals surface area contributed by atoms with Crippen LogP contribution in [0.15, 0.2) is 42.7 Å². The molecule has 1 saturated heterocycles. The summed E-state index contributed by atoms with van der Waals surface area (Å²) >= 11 is 5.96. The number of aliphatic hydroxyl groups is 1. The van der Waals surface area contributed by atoms with Gasteiger partial charge in [-0.3, -0.25) is 14.5 Å². The molecular weight excluding hydrogens is 394 g/mol. The number of rotatable bonds is 6. The van der Waals surface area contributed by atoms with Gasteiger partial charge in [0.25, 0.3) is 0 Å². The van der Waals surface area contributed by atoms with E-state index in [1.165, 1.54) is 11.1 Å². The molecule has 0 spiro atoms. The molecule has 1 N–H and O–H groups in total. The highest BCUT2D eigenvalue weighted by Crippen LogP contribution is 2.28. The van der Waals surface area contributed by atoms with E-state index in [2.05, 4.69) is 46.5 Å². The predicted molar refractivity (Wildman–Crippen MR) is 121 cm³/mol. The van der Waals surface area contributed by atoms with Gasteiger partial charge >= 0.3 is 0 Å². The number of piperidine rings is 1. The van der Waals surface area contributed by atoms with Crippen LogP contribution in [0, 0.1) is 4.77 Å². The van der Waals surface area contributed by atoms with Gasteiger partial charge in [-0.1, -0.05) is 32.0 Å². The molecule has 4 rings (SSSR count). The van der Waals surface area contributed by atoms with Crippen LogP contribution < -0.4 is 0 Å². The average Bonchev–Trinajstić information content (AvgIpc) is 3.09. The maximum Gasteiger partial charge on any atom is 0.204 e. The summed E-state index contributed by atoms with van der Waals surface area (Å²) in [7, 11) is 0. The lowest BCUT2D eigenvalue weighted by atomic mass is 10.0. The number of pyridine rings is 1. The van der Waals surface area contributed by atoms with E-state index in [9.17, 15) is 5.11 Å². The summed E-state index contributed by atoms with van der Waals surface area (Å²) in [5.41, 5.74) is 4.58. The molecule has 1 aromatic carbocycles. The molecule has 0 saturated carbocycles. The van der Waals surface area contributed by atoms with Gasteiger partial charge in [0.2, 0.25) is 4.77 Å². The van der Waals surface area contributed by atoms with E-state index in [1.54, 1.807) is 6.20 Å². The number of aromatic nitrogens is 4. The fourth-order valence-electron chi connectivity index (χ4n) is 4.23. The predicted octanol–water partition coefficient (Wildman–Crippen LogP) is 4.00. The summed E-state index contributed by atoms with van der Waals surface area (Å²) in [6, 6.07) is 10.4. The van der Waals surface area contributed by atoms with E-state index in [1.807, 2.05) is 23.0 Å². The Morgan fingerprint density at radius 1 is 1.13 bits per heavy atom. The second kappa shape index (κ2) is 9.20. The minimum Gasteiger partial charge on any atom is -0.392 e. The van der Waals surface area contributed by atoms with Crippen molar-refractivity contribution in [3.05, 3.63) is 58.6 Å². The Hall–Kier alpha value is -2.35. The molecule has 0 unspecified atom stereocenters. The molecule has 7 heteroatoms. The van der Waals surface area contributed by atoms with Crippen LogP contribution in [-0.4, -0.2) is 48.5 Å². The summed E-state index contributed by atoms with van der Waals surface area (Å²) in [5, 5.41) is 15.0. The highest BCUT2D eigenvalue weighted by Gasteiger charge is 2.22. The van der Waals surface area contributed by atoms with Gasteiger partial charge in [0.15, 0.2) is 5.82 Å². The second-order valence-corrected chi connectivity index (χ2v) is 8.19. The highest BCUT2D eigenvalue weighted by molar-refractivity contribution is 7.71. The Labute approximate surface area is 182 Å². The molecule has 1 fully saturated rings. The topological polar surface area (TPSA) is 59.1 Å². The average molecular weight is 424 g/mol. The summed E-state index contributed by atoms with van der Waals surface area (Å²) in [6.07, 6.45) is 7.02. The zero-order valence-electron chi connectivity index (χ0n) is 17.7. The molecule has 3 aromatic rings. The van der Waals surface area contributed by atoms with Crippen molar-refractivity contribution < 1.29 is 5.11 Å². The van der Waals surface area contributed by atoms with E-state index in [-0.39, 0.29) is 6.10 Å². The molecule has 0 bridgehead atoms. The quantitative estimate of drug-likeness (QED) is 0.607. The molecule has 3 heterocycles. The van der Waals surface area contributed by atoms with Gasteiger partial charge in [0.1, 0.15) is 0 Å². The molecule has 1 atom stereocenters. The minimum absolute atomic E-state index is 0.277. The number of para-hydroxylation sites is 1. The SMILES string of the molecule is CCc1cccc(CC)c1-n1c(-c2cccnc2)nn(CN2CCC[C@H](O)C2)c1=S. The lowest BCUT2D eigenvalue weighted by molar-refractivity contribution is 0.0513. The third kappa shape index (κ3) is 4.10. The number of β-amino-alcohol motifs (C(OH)–C–C–N with tert-alkyl or cyclic N) is 1. The number of hydrogen-bond donors (Lipinski definition) is 1. The van der Waals surface area contributed by atoms with Crippen LogP contribution in [-0.2, 0) is 19.5 Å². The second-order valence-electron chi connectivity index (χ2n) is 7.83. The number of likely N-dealkylation sites (tertiary alicyclic amines) is 1. The molecule has 0 amide bonds. The van der Waals surface area contributed by atoms with Gasteiger partial charge in [0, 0.05) is 31.0 Å². The lowest BCUT2D eigenvalue weighted by Crippen LogP contribution is -2.39. The summed E-state index contributed by atoms with van der Waals surface area (Å²) in [6.45, 7) is 6.52. The first-order valence-electron chi connectivity index (χ1n) is 10.7. The number of nitrogens with zero attached hydrogens (tertiary/aromatic N) is 5. The Bertz CT molecular complexity index is 1040. The van der Waals surface area contributed by atoms with Crippen LogP contribution in [0.1, 0.15) is 37.8 Å².